The van der Waals surface area contributed by atoms with Crippen LogP contribution in [0.1, 0.15) is 40.9 Å². The maximum atomic E-state index is 11.2. The first-order chi connectivity index (χ1) is 14.5. The number of benzene rings is 2. The van der Waals surface area contributed by atoms with Crippen LogP contribution in [0.15, 0.2) is 47.5 Å². The molecule has 170 valence electrons. The number of carbonyl (C=O) groups is 1. The second-order valence-corrected chi connectivity index (χ2v) is 6.77. The average Bonchev–Trinajstić information content (AvgIpc) is 2.74. The zero-order valence-corrected chi connectivity index (χ0v) is 20.8. The maximum Gasteiger partial charge on any atom is 0.248 e. The summed E-state index contributed by atoms with van der Waals surface area (Å²) in [6, 6.07) is 13.3. The SMILES string of the molecule is CCNC(=NCc1ccc(C(N)=O)cc1)NCc1ccc(C)cc1OCCOCC.I. The molecule has 31 heavy (non-hydrogen) atoms. The summed E-state index contributed by atoms with van der Waals surface area (Å²) in [5.74, 6) is 1.12. The molecule has 1 amide bonds. The minimum Gasteiger partial charge on any atom is -0.491 e. The number of nitrogens with zero attached hydrogens (tertiary/aromatic N) is 1. The number of rotatable bonds is 11. The Morgan fingerprint density at radius 1 is 1.06 bits per heavy atom. The average molecular weight is 540 g/mol. The molecule has 2 rings (SSSR count). The molecule has 8 heteroatoms. The number of nitrogens with one attached hydrogen (secondary N) is 2. The van der Waals surface area contributed by atoms with Crippen molar-refractivity contribution in [3.8, 4) is 5.75 Å². The number of primary amides is 1. The van der Waals surface area contributed by atoms with E-state index in [1.165, 1.54) is 0 Å². The van der Waals surface area contributed by atoms with Gasteiger partial charge in [-0.3, -0.25) is 4.79 Å². The summed E-state index contributed by atoms with van der Waals surface area (Å²) in [4.78, 5) is 15.8. The molecule has 2 aromatic carbocycles. The van der Waals surface area contributed by atoms with Crippen molar-refractivity contribution in [2.45, 2.75) is 33.9 Å². The fraction of sp³-hybridized carbons (Fsp3) is 0.391. The van der Waals surface area contributed by atoms with Crippen LogP contribution in [-0.2, 0) is 17.8 Å². The van der Waals surface area contributed by atoms with Crippen molar-refractivity contribution in [1.82, 2.24) is 10.6 Å². The molecule has 7 nitrogen and oxygen atoms in total. The fourth-order valence-corrected chi connectivity index (χ4v) is 2.76. The minimum atomic E-state index is -0.433. The van der Waals surface area contributed by atoms with Crippen molar-refractivity contribution in [2.24, 2.45) is 10.7 Å². The number of nitrogens with two attached hydrogens (primary N) is 1. The molecule has 0 heterocycles. The number of amides is 1. The summed E-state index contributed by atoms with van der Waals surface area (Å²) in [7, 11) is 0. The maximum absolute atomic E-state index is 11.2. The molecule has 0 saturated heterocycles. The quantitative estimate of drug-likeness (QED) is 0.176. The van der Waals surface area contributed by atoms with Crippen LogP contribution in [0, 0.1) is 6.92 Å². The fourth-order valence-electron chi connectivity index (χ4n) is 2.76. The van der Waals surface area contributed by atoms with E-state index in [0.29, 0.717) is 44.4 Å². The lowest BCUT2D eigenvalue weighted by atomic mass is 10.1. The van der Waals surface area contributed by atoms with Gasteiger partial charge in [0.1, 0.15) is 12.4 Å². The monoisotopic (exact) mass is 540 g/mol. The van der Waals surface area contributed by atoms with Crippen molar-refractivity contribution in [2.75, 3.05) is 26.4 Å². The zero-order valence-electron chi connectivity index (χ0n) is 18.4. The first-order valence-corrected chi connectivity index (χ1v) is 10.2. The second kappa shape index (κ2) is 14.6. The summed E-state index contributed by atoms with van der Waals surface area (Å²) in [6.07, 6.45) is 0. The number of halogens is 1. The summed E-state index contributed by atoms with van der Waals surface area (Å²) in [6.45, 7) is 9.61. The summed E-state index contributed by atoms with van der Waals surface area (Å²) in [5, 5.41) is 6.60. The zero-order chi connectivity index (χ0) is 21.8. The summed E-state index contributed by atoms with van der Waals surface area (Å²) >= 11 is 0. The molecule has 0 atom stereocenters. The number of carbonyl (C=O) groups excluding carboxylic acids is 1. The van der Waals surface area contributed by atoms with E-state index in [2.05, 4.69) is 27.8 Å². The molecular weight excluding hydrogens is 507 g/mol. The van der Waals surface area contributed by atoms with Crippen LogP contribution in [0.25, 0.3) is 0 Å². The molecule has 0 spiro atoms. The van der Waals surface area contributed by atoms with E-state index in [1.54, 1.807) is 12.1 Å². The van der Waals surface area contributed by atoms with E-state index in [1.807, 2.05) is 39.0 Å². The third kappa shape index (κ3) is 9.56. The van der Waals surface area contributed by atoms with Gasteiger partial charge >= 0.3 is 0 Å². The Balaban J connectivity index is 0.00000480. The van der Waals surface area contributed by atoms with Crippen LogP contribution in [0.2, 0.25) is 0 Å². The molecule has 0 radical (unpaired) electrons. The Bertz CT molecular complexity index is 841. The molecule has 0 aliphatic rings. The van der Waals surface area contributed by atoms with Gasteiger partial charge in [-0.05, 0) is 50.1 Å². The van der Waals surface area contributed by atoms with Gasteiger partial charge in [0.15, 0.2) is 5.96 Å². The molecule has 0 saturated carbocycles. The predicted octanol–water partition coefficient (Wildman–Crippen LogP) is 3.38. The highest BCUT2D eigenvalue weighted by Gasteiger charge is 2.06. The Kier molecular flexibility index (Phi) is 12.6. The van der Waals surface area contributed by atoms with Crippen molar-refractivity contribution in [3.05, 3.63) is 64.7 Å². The van der Waals surface area contributed by atoms with Gasteiger partial charge < -0.3 is 25.8 Å². The number of aliphatic imine (C=N–C) groups is 1. The molecule has 2 aromatic rings. The van der Waals surface area contributed by atoms with Gasteiger partial charge in [-0.1, -0.05) is 24.3 Å². The van der Waals surface area contributed by atoms with E-state index in [9.17, 15) is 4.79 Å². The van der Waals surface area contributed by atoms with E-state index >= 15 is 0 Å². The van der Waals surface area contributed by atoms with E-state index in [-0.39, 0.29) is 24.0 Å². The smallest absolute Gasteiger partial charge is 0.248 e. The number of ether oxygens (including phenoxy) is 2. The van der Waals surface area contributed by atoms with E-state index in [0.717, 1.165) is 29.0 Å². The lowest BCUT2D eigenvalue weighted by molar-refractivity contribution is 0.100. The Morgan fingerprint density at radius 3 is 2.45 bits per heavy atom. The molecule has 0 aliphatic heterocycles. The first-order valence-electron chi connectivity index (χ1n) is 10.2. The van der Waals surface area contributed by atoms with Crippen LogP contribution >= 0.6 is 24.0 Å². The molecule has 0 fully saturated rings. The molecule has 0 aromatic heterocycles. The summed E-state index contributed by atoms with van der Waals surface area (Å²) < 4.78 is 11.3. The Hall–Kier alpha value is -2.33. The van der Waals surface area contributed by atoms with Gasteiger partial charge in [-0.25, -0.2) is 4.99 Å². The number of hydrogen-bond acceptors (Lipinski definition) is 4. The number of aryl methyl sites for hydroxylation is 1. The van der Waals surface area contributed by atoms with Gasteiger partial charge in [-0.2, -0.15) is 0 Å². The minimum absolute atomic E-state index is 0. The third-order valence-electron chi connectivity index (χ3n) is 4.36. The van der Waals surface area contributed by atoms with E-state index in [4.69, 9.17) is 15.2 Å². The van der Waals surface area contributed by atoms with Gasteiger partial charge in [0.05, 0.1) is 13.2 Å². The number of hydrogen-bond donors (Lipinski definition) is 3. The van der Waals surface area contributed by atoms with Gasteiger partial charge in [0, 0.05) is 30.8 Å². The van der Waals surface area contributed by atoms with Crippen LogP contribution < -0.4 is 21.1 Å². The number of guanidine groups is 1. The van der Waals surface area contributed by atoms with Crippen LogP contribution in [0.5, 0.6) is 5.75 Å². The first kappa shape index (κ1) is 26.7. The normalized spacial score (nSPS) is 10.9. The largest absolute Gasteiger partial charge is 0.491 e. The highest BCUT2D eigenvalue weighted by Crippen LogP contribution is 2.20. The molecule has 0 aliphatic carbocycles. The Labute approximate surface area is 201 Å². The summed E-state index contributed by atoms with van der Waals surface area (Å²) in [5.41, 5.74) is 8.96. The molecular formula is C23H33IN4O3. The third-order valence-corrected chi connectivity index (χ3v) is 4.36. The molecule has 4 N–H and O–H groups in total. The van der Waals surface area contributed by atoms with Gasteiger partial charge in [0.25, 0.3) is 0 Å². The lowest BCUT2D eigenvalue weighted by Gasteiger charge is -2.15. The Morgan fingerprint density at radius 2 is 1.81 bits per heavy atom. The van der Waals surface area contributed by atoms with Crippen LogP contribution in [-0.4, -0.2) is 38.2 Å². The highest BCUT2D eigenvalue weighted by molar-refractivity contribution is 14.0. The topological polar surface area (TPSA) is 98.0 Å². The molecule has 0 bridgehead atoms. The van der Waals surface area contributed by atoms with Crippen molar-refractivity contribution >= 4 is 35.8 Å². The standard InChI is InChI=1S/C23H32N4O3.HI/c1-4-25-23(26-15-18-7-10-19(11-8-18)22(24)28)27-16-20-9-6-17(3)14-21(20)30-13-12-29-5-2;/h6-11,14H,4-5,12-13,15-16H2,1-3H3,(H2,24,28)(H2,25,26,27);1H. The van der Waals surface area contributed by atoms with Crippen molar-refractivity contribution in [1.29, 1.82) is 0 Å². The van der Waals surface area contributed by atoms with Gasteiger partial charge in [-0.15, -0.1) is 24.0 Å². The van der Waals surface area contributed by atoms with Crippen molar-refractivity contribution in [3.63, 3.8) is 0 Å². The van der Waals surface area contributed by atoms with Crippen molar-refractivity contribution < 1.29 is 14.3 Å². The van der Waals surface area contributed by atoms with E-state index < -0.39 is 5.91 Å². The lowest BCUT2D eigenvalue weighted by Crippen LogP contribution is -2.36. The second-order valence-electron chi connectivity index (χ2n) is 6.77. The molecule has 0 unspecified atom stereocenters. The van der Waals surface area contributed by atoms with Crippen LogP contribution in [0.4, 0.5) is 0 Å². The highest BCUT2D eigenvalue weighted by atomic mass is 127. The van der Waals surface area contributed by atoms with Gasteiger partial charge in [0.2, 0.25) is 5.91 Å². The van der Waals surface area contributed by atoms with Crippen LogP contribution in [0.3, 0.4) is 0 Å². The predicted molar refractivity (Wildman–Crippen MR) is 135 cm³/mol.